The predicted octanol–water partition coefficient (Wildman–Crippen LogP) is 23.8. The first-order valence-electron chi connectivity index (χ1n) is 34.6. The standard InChI is InChI=1S/C74H130O6/c1-4-7-10-13-16-19-22-25-28-31-33-34-35-36-37-38-39-40-41-44-46-49-52-55-58-61-64-67-73(76)79-70-71(69-78-72(75)66-63-60-57-54-51-48-45-42-30-27-24-21-18-15-12-9-6-3)80-74(77)68-65-62-59-56-53-50-47-43-32-29-26-23-20-17-14-11-8-5-2/h7,10,16,19,25,28,33-34,36-37,39-40,44,46,71H,4-6,8-9,11-15,17-18,20-24,26-27,29-32,35,38,41-43,45,47-70H2,1-3H3/b10-7-,19-16-,28-25-,34-33-,37-36-,40-39-,46-44-. The van der Waals surface area contributed by atoms with Crippen molar-refractivity contribution >= 4 is 17.9 Å². The number of ether oxygens (including phenoxy) is 3. The number of allylic oxidation sites excluding steroid dienone is 14. The van der Waals surface area contributed by atoms with E-state index < -0.39 is 6.10 Å². The van der Waals surface area contributed by atoms with Gasteiger partial charge in [0.15, 0.2) is 6.10 Å². The molecule has 80 heavy (non-hydrogen) atoms. The molecular weight excluding hydrogens is 985 g/mol. The third kappa shape index (κ3) is 65.4. The second kappa shape index (κ2) is 68.1. The van der Waals surface area contributed by atoms with Gasteiger partial charge in [0.25, 0.3) is 0 Å². The molecule has 1 unspecified atom stereocenters. The quantitative estimate of drug-likeness (QED) is 0.0261. The van der Waals surface area contributed by atoms with Gasteiger partial charge in [-0.05, 0) is 77.0 Å². The Hall–Kier alpha value is -3.41. The minimum absolute atomic E-state index is 0.0776. The van der Waals surface area contributed by atoms with Gasteiger partial charge in [0.1, 0.15) is 13.2 Å². The summed E-state index contributed by atoms with van der Waals surface area (Å²) in [5.74, 6) is -0.876. The van der Waals surface area contributed by atoms with Crippen molar-refractivity contribution in [2.75, 3.05) is 13.2 Å². The van der Waals surface area contributed by atoms with Crippen molar-refractivity contribution in [1.82, 2.24) is 0 Å². The van der Waals surface area contributed by atoms with Crippen LogP contribution in [-0.2, 0) is 28.6 Å². The Kier molecular flexibility index (Phi) is 65.2. The fourth-order valence-electron chi connectivity index (χ4n) is 10.0. The lowest BCUT2D eigenvalue weighted by molar-refractivity contribution is -0.167. The van der Waals surface area contributed by atoms with Gasteiger partial charge in [-0.1, -0.05) is 337 Å². The molecule has 1 atom stereocenters. The van der Waals surface area contributed by atoms with Gasteiger partial charge in [0.2, 0.25) is 0 Å². The molecule has 0 fully saturated rings. The van der Waals surface area contributed by atoms with E-state index in [0.29, 0.717) is 19.3 Å². The van der Waals surface area contributed by atoms with E-state index in [2.05, 4.69) is 106 Å². The van der Waals surface area contributed by atoms with Crippen LogP contribution in [0.3, 0.4) is 0 Å². The molecule has 0 amide bonds. The van der Waals surface area contributed by atoms with Crippen LogP contribution in [0, 0.1) is 0 Å². The van der Waals surface area contributed by atoms with Gasteiger partial charge in [-0.25, -0.2) is 0 Å². The normalized spacial score (nSPS) is 12.6. The molecule has 0 aromatic carbocycles. The smallest absolute Gasteiger partial charge is 0.306 e. The molecular formula is C74H130O6. The van der Waals surface area contributed by atoms with Crippen molar-refractivity contribution in [3.8, 4) is 0 Å². The highest BCUT2D eigenvalue weighted by Crippen LogP contribution is 2.18. The van der Waals surface area contributed by atoms with E-state index in [-0.39, 0.29) is 31.1 Å². The molecule has 462 valence electrons. The van der Waals surface area contributed by atoms with E-state index in [1.807, 2.05) is 0 Å². The van der Waals surface area contributed by atoms with Crippen LogP contribution in [0.5, 0.6) is 0 Å². The number of carbonyl (C=O) groups excluding carboxylic acids is 3. The molecule has 0 saturated carbocycles. The summed E-state index contributed by atoms with van der Waals surface area (Å²) < 4.78 is 17.0. The van der Waals surface area contributed by atoms with E-state index in [1.165, 1.54) is 186 Å². The molecule has 0 spiro atoms. The van der Waals surface area contributed by atoms with E-state index in [9.17, 15) is 14.4 Å². The van der Waals surface area contributed by atoms with E-state index in [4.69, 9.17) is 14.2 Å². The molecule has 0 rings (SSSR count). The Balaban J connectivity index is 4.37. The Bertz CT molecular complexity index is 1520. The van der Waals surface area contributed by atoms with Gasteiger partial charge in [-0.3, -0.25) is 14.4 Å². The Morgan fingerprint density at radius 3 is 0.762 bits per heavy atom. The number of carbonyl (C=O) groups is 3. The molecule has 0 heterocycles. The summed E-state index contributed by atoms with van der Waals surface area (Å²) in [6.07, 6.45) is 90.2. The van der Waals surface area contributed by atoms with Crippen molar-refractivity contribution in [1.29, 1.82) is 0 Å². The highest BCUT2D eigenvalue weighted by molar-refractivity contribution is 5.71. The lowest BCUT2D eigenvalue weighted by Gasteiger charge is -2.18. The number of hydrogen-bond donors (Lipinski definition) is 0. The van der Waals surface area contributed by atoms with Gasteiger partial charge >= 0.3 is 17.9 Å². The summed E-state index contributed by atoms with van der Waals surface area (Å²) in [6, 6.07) is 0. The number of rotatable bonds is 63. The van der Waals surface area contributed by atoms with Gasteiger partial charge in [-0.2, -0.15) is 0 Å². The van der Waals surface area contributed by atoms with Crippen LogP contribution in [0.1, 0.15) is 348 Å². The largest absolute Gasteiger partial charge is 0.462 e. The van der Waals surface area contributed by atoms with Crippen LogP contribution < -0.4 is 0 Å². The second-order valence-electron chi connectivity index (χ2n) is 23.1. The highest BCUT2D eigenvalue weighted by Gasteiger charge is 2.19. The Labute approximate surface area is 496 Å². The third-order valence-corrected chi connectivity index (χ3v) is 15.2. The fraction of sp³-hybridized carbons (Fsp3) is 0.770. The molecule has 0 aromatic rings. The van der Waals surface area contributed by atoms with Gasteiger partial charge < -0.3 is 14.2 Å². The van der Waals surface area contributed by atoms with Crippen molar-refractivity contribution in [2.24, 2.45) is 0 Å². The summed E-state index contributed by atoms with van der Waals surface area (Å²) in [5.41, 5.74) is 0. The van der Waals surface area contributed by atoms with E-state index >= 15 is 0 Å². The SMILES string of the molecule is CC/C=C\C/C=C\C/C=C\C/C=C\C/C=C\C/C=C\C/C=C\CCCCCCCC(=O)OCC(COC(=O)CCCCCCCCCCCCCCCCCCC)OC(=O)CCCCCCCCCCCCCCCCCCCC. The minimum Gasteiger partial charge on any atom is -0.462 e. The zero-order chi connectivity index (χ0) is 57.8. The van der Waals surface area contributed by atoms with Crippen LogP contribution in [-0.4, -0.2) is 37.2 Å². The lowest BCUT2D eigenvalue weighted by Crippen LogP contribution is -2.30. The average Bonchev–Trinajstić information content (AvgIpc) is 3.46. The lowest BCUT2D eigenvalue weighted by atomic mass is 10.0. The number of unbranched alkanes of at least 4 members (excludes halogenated alkanes) is 38. The summed E-state index contributed by atoms with van der Waals surface area (Å²) >= 11 is 0. The van der Waals surface area contributed by atoms with Crippen LogP contribution in [0.4, 0.5) is 0 Å². The molecule has 0 radical (unpaired) electrons. The molecule has 0 saturated heterocycles. The number of esters is 3. The molecule has 0 aromatic heterocycles. The molecule has 0 aliphatic heterocycles. The Morgan fingerprint density at radius 2 is 0.487 bits per heavy atom. The zero-order valence-corrected chi connectivity index (χ0v) is 53.1. The van der Waals surface area contributed by atoms with Crippen LogP contribution >= 0.6 is 0 Å². The average molecular weight is 1120 g/mol. The summed E-state index contributed by atoms with van der Waals surface area (Å²) in [6.45, 7) is 6.57. The maximum Gasteiger partial charge on any atom is 0.306 e. The Morgan fingerprint density at radius 1 is 0.263 bits per heavy atom. The zero-order valence-electron chi connectivity index (χ0n) is 53.1. The van der Waals surface area contributed by atoms with Gasteiger partial charge in [-0.15, -0.1) is 0 Å². The van der Waals surface area contributed by atoms with Gasteiger partial charge in [0.05, 0.1) is 0 Å². The third-order valence-electron chi connectivity index (χ3n) is 15.2. The first kappa shape index (κ1) is 76.6. The first-order chi connectivity index (χ1) is 39.5. The molecule has 6 heteroatoms. The molecule has 0 bridgehead atoms. The molecule has 6 nitrogen and oxygen atoms in total. The highest BCUT2D eigenvalue weighted by atomic mass is 16.6. The predicted molar refractivity (Wildman–Crippen MR) is 348 cm³/mol. The van der Waals surface area contributed by atoms with Crippen molar-refractivity contribution < 1.29 is 28.6 Å². The van der Waals surface area contributed by atoms with Crippen LogP contribution in [0.15, 0.2) is 85.1 Å². The van der Waals surface area contributed by atoms with Crippen molar-refractivity contribution in [3.05, 3.63) is 85.1 Å². The number of hydrogen-bond acceptors (Lipinski definition) is 6. The first-order valence-corrected chi connectivity index (χ1v) is 34.6. The van der Waals surface area contributed by atoms with Gasteiger partial charge in [0, 0.05) is 19.3 Å². The minimum atomic E-state index is -0.783. The maximum atomic E-state index is 12.9. The molecule has 0 aliphatic carbocycles. The monoisotopic (exact) mass is 1110 g/mol. The summed E-state index contributed by atoms with van der Waals surface area (Å²) in [5, 5.41) is 0. The summed E-state index contributed by atoms with van der Waals surface area (Å²) in [4.78, 5) is 38.4. The second-order valence-corrected chi connectivity index (χ2v) is 23.1. The van der Waals surface area contributed by atoms with Crippen LogP contribution in [0.2, 0.25) is 0 Å². The van der Waals surface area contributed by atoms with E-state index in [1.54, 1.807) is 0 Å². The van der Waals surface area contributed by atoms with E-state index in [0.717, 1.165) is 122 Å². The van der Waals surface area contributed by atoms with Crippen molar-refractivity contribution in [2.45, 2.75) is 354 Å². The van der Waals surface area contributed by atoms with Crippen LogP contribution in [0.25, 0.3) is 0 Å². The molecule has 0 N–H and O–H groups in total. The van der Waals surface area contributed by atoms with Crippen molar-refractivity contribution in [3.63, 3.8) is 0 Å². The topological polar surface area (TPSA) is 78.9 Å². The molecule has 0 aliphatic rings. The summed E-state index contributed by atoms with van der Waals surface area (Å²) in [7, 11) is 0. The fourth-order valence-corrected chi connectivity index (χ4v) is 10.0. The maximum absolute atomic E-state index is 12.9.